The molecule has 3 rings (SSSR count). The lowest BCUT2D eigenvalue weighted by Crippen LogP contribution is -2.33. The monoisotopic (exact) mass is 313 g/mol. The van der Waals surface area contributed by atoms with E-state index in [2.05, 4.69) is 15.5 Å². The number of amides is 1. The van der Waals surface area contributed by atoms with Gasteiger partial charge >= 0.3 is 0 Å². The molecule has 0 unspecified atom stereocenters. The minimum absolute atomic E-state index is 0.00612. The van der Waals surface area contributed by atoms with Gasteiger partial charge in [-0.15, -0.1) is 0 Å². The minimum Gasteiger partial charge on any atom is -0.350 e. The minimum atomic E-state index is 0.00612. The highest BCUT2D eigenvalue weighted by atomic mass is 16.1. The molecule has 1 heterocycles. The number of rotatable bonds is 3. The molecule has 0 radical (unpaired) electrons. The zero-order valence-electron chi connectivity index (χ0n) is 14.1. The van der Waals surface area contributed by atoms with Crippen LogP contribution in [0.15, 0.2) is 30.5 Å². The number of carbonyl (C=O) groups is 1. The molecule has 0 spiro atoms. The van der Waals surface area contributed by atoms with Crippen LogP contribution in [0.4, 0.5) is 0 Å². The molecule has 2 N–H and O–H groups in total. The van der Waals surface area contributed by atoms with Gasteiger partial charge in [-0.3, -0.25) is 9.89 Å². The predicted octanol–water partition coefficient (Wildman–Crippen LogP) is 4.44. The lowest BCUT2D eigenvalue weighted by Gasteiger charge is -2.14. The van der Waals surface area contributed by atoms with Crippen LogP contribution in [0.5, 0.6) is 0 Å². The predicted molar refractivity (Wildman–Crippen MR) is 96.1 cm³/mol. The molecule has 1 aliphatic carbocycles. The fourth-order valence-electron chi connectivity index (χ4n) is 2.90. The van der Waals surface area contributed by atoms with E-state index in [4.69, 9.17) is 0 Å². The number of aromatic amines is 1. The van der Waals surface area contributed by atoms with Crippen LogP contribution in [0.1, 0.15) is 57.9 Å². The summed E-state index contributed by atoms with van der Waals surface area (Å²) in [6.07, 6.45) is 12.5. The van der Waals surface area contributed by atoms with E-state index in [9.17, 15) is 4.79 Å². The van der Waals surface area contributed by atoms with Crippen molar-refractivity contribution in [1.82, 2.24) is 15.5 Å². The smallest absolute Gasteiger partial charge is 0.244 e. The quantitative estimate of drug-likeness (QED) is 0.650. The maximum Gasteiger partial charge on any atom is 0.244 e. The van der Waals surface area contributed by atoms with Crippen LogP contribution in [0.2, 0.25) is 0 Å². The molecule has 1 amide bonds. The Kier molecular flexibility index (Phi) is 6.85. The summed E-state index contributed by atoms with van der Waals surface area (Å²) < 4.78 is 0. The largest absolute Gasteiger partial charge is 0.350 e. The Morgan fingerprint density at radius 1 is 1.22 bits per heavy atom. The van der Waals surface area contributed by atoms with Crippen LogP contribution in [-0.4, -0.2) is 22.1 Å². The Labute approximate surface area is 138 Å². The number of fused-ring (bicyclic) bond motifs is 1. The van der Waals surface area contributed by atoms with Gasteiger partial charge in [-0.1, -0.05) is 51.7 Å². The average Bonchev–Trinajstić information content (AvgIpc) is 2.90. The van der Waals surface area contributed by atoms with Crippen LogP contribution >= 0.6 is 0 Å². The zero-order valence-corrected chi connectivity index (χ0v) is 14.1. The molecular weight excluding hydrogens is 286 g/mol. The molecule has 4 nitrogen and oxygen atoms in total. The SMILES string of the molecule is CC.O=C(/C=C/c1ccc2cn[nH]c2c1)NC1CCCCCC1. The summed E-state index contributed by atoms with van der Waals surface area (Å²) >= 11 is 0. The van der Waals surface area contributed by atoms with Crippen molar-refractivity contribution in [1.29, 1.82) is 0 Å². The Hall–Kier alpha value is -2.10. The third-order valence-corrected chi connectivity index (χ3v) is 4.09. The number of aromatic nitrogens is 2. The maximum atomic E-state index is 12.0. The molecule has 1 saturated carbocycles. The summed E-state index contributed by atoms with van der Waals surface area (Å²) in [7, 11) is 0. The van der Waals surface area contributed by atoms with E-state index in [-0.39, 0.29) is 5.91 Å². The highest BCUT2D eigenvalue weighted by Crippen LogP contribution is 2.17. The van der Waals surface area contributed by atoms with Gasteiger partial charge in [0.2, 0.25) is 5.91 Å². The maximum absolute atomic E-state index is 12.0. The summed E-state index contributed by atoms with van der Waals surface area (Å²) in [5, 5.41) is 11.1. The molecule has 1 aromatic carbocycles. The number of hydrogen-bond acceptors (Lipinski definition) is 2. The van der Waals surface area contributed by atoms with Crippen molar-refractivity contribution >= 4 is 22.9 Å². The fourth-order valence-corrected chi connectivity index (χ4v) is 2.90. The van der Waals surface area contributed by atoms with Crippen LogP contribution in [0.25, 0.3) is 17.0 Å². The van der Waals surface area contributed by atoms with Gasteiger partial charge in [0.1, 0.15) is 0 Å². The lowest BCUT2D eigenvalue weighted by atomic mass is 10.1. The van der Waals surface area contributed by atoms with Gasteiger partial charge in [0, 0.05) is 17.5 Å². The summed E-state index contributed by atoms with van der Waals surface area (Å²) in [6.45, 7) is 4.00. The highest BCUT2D eigenvalue weighted by molar-refractivity contribution is 5.92. The van der Waals surface area contributed by atoms with Gasteiger partial charge < -0.3 is 5.32 Å². The first-order valence-corrected chi connectivity index (χ1v) is 8.73. The van der Waals surface area contributed by atoms with E-state index in [1.54, 1.807) is 12.3 Å². The number of nitrogens with zero attached hydrogens (tertiary/aromatic N) is 1. The number of benzene rings is 1. The van der Waals surface area contributed by atoms with Gasteiger partial charge in [0.05, 0.1) is 11.7 Å². The molecule has 1 fully saturated rings. The topological polar surface area (TPSA) is 57.8 Å². The zero-order chi connectivity index (χ0) is 16.5. The normalized spacial score (nSPS) is 15.9. The Bertz CT molecular complexity index is 637. The van der Waals surface area contributed by atoms with Gasteiger partial charge in [-0.25, -0.2) is 0 Å². The fraction of sp³-hybridized carbons (Fsp3) is 0.474. The number of hydrogen-bond donors (Lipinski definition) is 2. The van der Waals surface area contributed by atoms with E-state index >= 15 is 0 Å². The second-order valence-corrected chi connectivity index (χ2v) is 5.75. The molecule has 0 atom stereocenters. The summed E-state index contributed by atoms with van der Waals surface area (Å²) in [5.41, 5.74) is 1.99. The van der Waals surface area contributed by atoms with Crippen LogP contribution < -0.4 is 5.32 Å². The average molecular weight is 313 g/mol. The first kappa shape index (κ1) is 17.3. The van der Waals surface area contributed by atoms with Crippen molar-refractivity contribution in [2.75, 3.05) is 0 Å². The van der Waals surface area contributed by atoms with Crippen molar-refractivity contribution in [3.8, 4) is 0 Å². The second-order valence-electron chi connectivity index (χ2n) is 5.75. The number of H-pyrrole nitrogens is 1. The van der Waals surface area contributed by atoms with E-state index in [1.165, 1.54) is 25.7 Å². The van der Waals surface area contributed by atoms with E-state index in [1.807, 2.05) is 38.1 Å². The third-order valence-electron chi connectivity index (χ3n) is 4.09. The van der Waals surface area contributed by atoms with Crippen molar-refractivity contribution < 1.29 is 4.79 Å². The van der Waals surface area contributed by atoms with Crippen molar-refractivity contribution in [3.63, 3.8) is 0 Å². The molecule has 23 heavy (non-hydrogen) atoms. The second kappa shape index (κ2) is 9.13. The van der Waals surface area contributed by atoms with Gasteiger partial charge in [-0.05, 0) is 30.5 Å². The molecule has 2 aromatic rings. The van der Waals surface area contributed by atoms with Crippen molar-refractivity contribution in [2.45, 2.75) is 58.4 Å². The molecule has 0 bridgehead atoms. The van der Waals surface area contributed by atoms with E-state index < -0.39 is 0 Å². The van der Waals surface area contributed by atoms with Gasteiger partial charge in [-0.2, -0.15) is 5.10 Å². The van der Waals surface area contributed by atoms with Crippen LogP contribution in [-0.2, 0) is 4.79 Å². The molecule has 124 valence electrons. The molecule has 1 aliphatic rings. The Morgan fingerprint density at radius 3 is 2.70 bits per heavy atom. The summed E-state index contributed by atoms with van der Waals surface area (Å²) in [4.78, 5) is 12.0. The van der Waals surface area contributed by atoms with Crippen LogP contribution in [0.3, 0.4) is 0 Å². The molecule has 4 heteroatoms. The number of carbonyl (C=O) groups excluding carboxylic acids is 1. The number of nitrogens with one attached hydrogen (secondary N) is 2. The lowest BCUT2D eigenvalue weighted by molar-refractivity contribution is -0.117. The first-order chi connectivity index (χ1) is 11.3. The van der Waals surface area contributed by atoms with Crippen LogP contribution in [0, 0.1) is 0 Å². The van der Waals surface area contributed by atoms with E-state index in [0.717, 1.165) is 29.3 Å². The molecular formula is C19H27N3O. The standard InChI is InChI=1S/C17H21N3O.C2H6/c21-17(19-15-5-3-1-2-4-6-15)10-8-13-7-9-14-12-18-20-16(14)11-13;1-2/h7-12,15H,1-6H2,(H,18,20)(H,19,21);1-2H3/b10-8+;. The van der Waals surface area contributed by atoms with E-state index in [0.29, 0.717) is 6.04 Å². The van der Waals surface area contributed by atoms with Crippen molar-refractivity contribution in [3.05, 3.63) is 36.0 Å². The molecule has 0 saturated heterocycles. The summed E-state index contributed by atoms with van der Waals surface area (Å²) in [5.74, 6) is 0.00612. The Morgan fingerprint density at radius 2 is 1.96 bits per heavy atom. The third kappa shape index (κ3) is 5.23. The van der Waals surface area contributed by atoms with Gasteiger partial charge in [0.25, 0.3) is 0 Å². The molecule has 0 aliphatic heterocycles. The van der Waals surface area contributed by atoms with Gasteiger partial charge in [0.15, 0.2) is 0 Å². The summed E-state index contributed by atoms with van der Waals surface area (Å²) in [6, 6.07) is 6.34. The first-order valence-electron chi connectivity index (χ1n) is 8.73. The Balaban J connectivity index is 0.000000924. The molecule has 1 aromatic heterocycles. The van der Waals surface area contributed by atoms with Crippen molar-refractivity contribution in [2.24, 2.45) is 0 Å². The highest BCUT2D eigenvalue weighted by Gasteiger charge is 2.13.